The fourth-order valence-corrected chi connectivity index (χ4v) is 3.29. The topological polar surface area (TPSA) is 61.8 Å². The lowest BCUT2D eigenvalue weighted by Gasteiger charge is -2.33. The molecule has 0 unspecified atom stereocenters. The van der Waals surface area contributed by atoms with Crippen molar-refractivity contribution in [2.75, 3.05) is 26.8 Å². The van der Waals surface area contributed by atoms with Gasteiger partial charge < -0.3 is 15.2 Å². The van der Waals surface area contributed by atoms with E-state index in [4.69, 9.17) is 4.74 Å². The summed E-state index contributed by atoms with van der Waals surface area (Å²) in [6.07, 6.45) is 4.23. The zero-order valence-corrected chi connectivity index (χ0v) is 14.8. The van der Waals surface area contributed by atoms with E-state index in [2.05, 4.69) is 10.2 Å². The first kappa shape index (κ1) is 18.7. The maximum atomic E-state index is 12.2. The molecule has 0 aliphatic heterocycles. The number of nitrogens with one attached hydrogen (secondary N) is 1. The Morgan fingerprint density at radius 3 is 2.75 bits per heavy atom. The summed E-state index contributed by atoms with van der Waals surface area (Å²) in [5, 5.41) is 12.2. The molecule has 5 heteroatoms. The van der Waals surface area contributed by atoms with Crippen LogP contribution in [-0.2, 0) is 11.3 Å². The SMILES string of the molecule is CCOc1cccc(CNC(=O)CN(C)C2CCC(CO)CC2)c1. The van der Waals surface area contributed by atoms with Crippen LogP contribution in [0.25, 0.3) is 0 Å². The number of hydrogen-bond acceptors (Lipinski definition) is 4. The van der Waals surface area contributed by atoms with E-state index < -0.39 is 0 Å². The second-order valence-corrected chi connectivity index (χ2v) is 6.63. The van der Waals surface area contributed by atoms with Crippen molar-refractivity contribution < 1.29 is 14.6 Å². The van der Waals surface area contributed by atoms with Gasteiger partial charge in [0.25, 0.3) is 0 Å². The van der Waals surface area contributed by atoms with Gasteiger partial charge in [0.1, 0.15) is 5.75 Å². The second kappa shape index (κ2) is 9.64. The average molecular weight is 334 g/mol. The molecule has 0 radical (unpaired) electrons. The van der Waals surface area contributed by atoms with Crippen molar-refractivity contribution in [1.82, 2.24) is 10.2 Å². The first-order valence-corrected chi connectivity index (χ1v) is 8.92. The van der Waals surface area contributed by atoms with E-state index in [0.29, 0.717) is 31.7 Å². The molecule has 0 atom stereocenters. The molecular formula is C19H30N2O3. The van der Waals surface area contributed by atoms with E-state index >= 15 is 0 Å². The zero-order chi connectivity index (χ0) is 17.4. The molecule has 0 spiro atoms. The molecule has 1 amide bonds. The summed E-state index contributed by atoms with van der Waals surface area (Å²) in [4.78, 5) is 14.3. The van der Waals surface area contributed by atoms with Crippen LogP contribution in [-0.4, -0.2) is 48.8 Å². The Bertz CT molecular complexity index is 513. The van der Waals surface area contributed by atoms with Crippen LogP contribution in [0, 0.1) is 5.92 Å². The van der Waals surface area contributed by atoms with Crippen LogP contribution in [0.2, 0.25) is 0 Å². The highest BCUT2D eigenvalue weighted by atomic mass is 16.5. The third-order valence-electron chi connectivity index (χ3n) is 4.79. The van der Waals surface area contributed by atoms with Gasteiger partial charge in [-0.15, -0.1) is 0 Å². The van der Waals surface area contributed by atoms with Crippen molar-refractivity contribution in [3.05, 3.63) is 29.8 Å². The fraction of sp³-hybridized carbons (Fsp3) is 0.632. The zero-order valence-electron chi connectivity index (χ0n) is 14.8. The highest BCUT2D eigenvalue weighted by Gasteiger charge is 2.24. The van der Waals surface area contributed by atoms with E-state index in [9.17, 15) is 9.90 Å². The van der Waals surface area contributed by atoms with Crippen LogP contribution in [0.4, 0.5) is 0 Å². The minimum atomic E-state index is 0.0450. The summed E-state index contributed by atoms with van der Waals surface area (Å²) in [5.41, 5.74) is 1.04. The standard InChI is InChI=1S/C19H30N2O3/c1-3-24-18-6-4-5-16(11-18)12-20-19(23)13-21(2)17-9-7-15(14-22)8-10-17/h4-6,11,15,17,22H,3,7-10,12-14H2,1-2H3,(H,20,23). The number of amides is 1. The molecule has 2 N–H and O–H groups in total. The first-order valence-electron chi connectivity index (χ1n) is 8.92. The number of nitrogens with zero attached hydrogens (tertiary/aromatic N) is 1. The highest BCUT2D eigenvalue weighted by molar-refractivity contribution is 5.78. The van der Waals surface area contributed by atoms with Gasteiger partial charge >= 0.3 is 0 Å². The third-order valence-corrected chi connectivity index (χ3v) is 4.79. The van der Waals surface area contributed by atoms with Crippen molar-refractivity contribution in [2.45, 2.75) is 45.2 Å². The van der Waals surface area contributed by atoms with Crippen LogP contribution >= 0.6 is 0 Å². The predicted molar refractivity (Wildman–Crippen MR) is 94.9 cm³/mol. The largest absolute Gasteiger partial charge is 0.494 e. The van der Waals surface area contributed by atoms with E-state index in [1.807, 2.05) is 38.2 Å². The van der Waals surface area contributed by atoms with Crippen molar-refractivity contribution in [1.29, 1.82) is 0 Å². The molecule has 0 heterocycles. The Morgan fingerprint density at radius 1 is 1.33 bits per heavy atom. The van der Waals surface area contributed by atoms with E-state index in [1.165, 1.54) is 0 Å². The van der Waals surface area contributed by atoms with E-state index in [1.54, 1.807) is 0 Å². The summed E-state index contributed by atoms with van der Waals surface area (Å²) in [6.45, 7) is 3.82. The summed E-state index contributed by atoms with van der Waals surface area (Å²) < 4.78 is 5.48. The molecule has 1 saturated carbocycles. The minimum Gasteiger partial charge on any atom is -0.494 e. The van der Waals surface area contributed by atoms with Gasteiger partial charge in [0.15, 0.2) is 0 Å². The van der Waals surface area contributed by atoms with Crippen LogP contribution in [0.3, 0.4) is 0 Å². The van der Waals surface area contributed by atoms with Crippen LogP contribution in [0.1, 0.15) is 38.2 Å². The monoisotopic (exact) mass is 334 g/mol. The normalized spacial score (nSPS) is 20.8. The second-order valence-electron chi connectivity index (χ2n) is 6.63. The molecule has 1 aliphatic rings. The predicted octanol–water partition coefficient (Wildman–Crippen LogP) is 2.18. The molecule has 0 aromatic heterocycles. The van der Waals surface area contributed by atoms with Gasteiger partial charge in [0, 0.05) is 19.2 Å². The number of aliphatic hydroxyl groups excluding tert-OH is 1. The number of carbonyl (C=O) groups excluding carboxylic acids is 1. The minimum absolute atomic E-state index is 0.0450. The fourth-order valence-electron chi connectivity index (χ4n) is 3.29. The van der Waals surface area contributed by atoms with Gasteiger partial charge in [-0.05, 0) is 63.3 Å². The molecule has 0 saturated heterocycles. The van der Waals surface area contributed by atoms with Crippen molar-refractivity contribution in [2.24, 2.45) is 5.92 Å². The number of benzene rings is 1. The van der Waals surface area contributed by atoms with Crippen LogP contribution in [0.5, 0.6) is 5.75 Å². The quantitative estimate of drug-likeness (QED) is 0.765. The molecule has 5 nitrogen and oxygen atoms in total. The lowest BCUT2D eigenvalue weighted by Crippen LogP contribution is -2.42. The van der Waals surface area contributed by atoms with Gasteiger partial charge in [-0.1, -0.05) is 12.1 Å². The number of aliphatic hydroxyl groups is 1. The molecule has 1 aliphatic carbocycles. The van der Waals surface area contributed by atoms with Crippen LogP contribution < -0.4 is 10.1 Å². The summed E-state index contributed by atoms with van der Waals surface area (Å²) >= 11 is 0. The van der Waals surface area contributed by atoms with Gasteiger partial charge in [-0.3, -0.25) is 9.69 Å². The molecule has 0 bridgehead atoms. The van der Waals surface area contributed by atoms with Crippen molar-refractivity contribution in [3.63, 3.8) is 0 Å². The summed E-state index contributed by atoms with van der Waals surface area (Å²) in [6, 6.07) is 8.26. The summed E-state index contributed by atoms with van der Waals surface area (Å²) in [7, 11) is 2.01. The Hall–Kier alpha value is -1.59. The highest BCUT2D eigenvalue weighted by Crippen LogP contribution is 2.26. The van der Waals surface area contributed by atoms with E-state index in [-0.39, 0.29) is 12.5 Å². The molecule has 1 aromatic rings. The number of rotatable bonds is 8. The summed E-state index contributed by atoms with van der Waals surface area (Å²) in [5.74, 6) is 1.33. The first-order chi connectivity index (χ1) is 11.6. The molecule has 2 rings (SSSR count). The number of hydrogen-bond donors (Lipinski definition) is 2. The van der Waals surface area contributed by atoms with Gasteiger partial charge in [-0.25, -0.2) is 0 Å². The average Bonchev–Trinajstić information content (AvgIpc) is 2.60. The molecule has 1 fully saturated rings. The van der Waals surface area contributed by atoms with Crippen LogP contribution in [0.15, 0.2) is 24.3 Å². The molecular weight excluding hydrogens is 304 g/mol. The lowest BCUT2D eigenvalue weighted by atomic mass is 9.86. The Labute approximate surface area is 145 Å². The molecule has 134 valence electrons. The maximum absolute atomic E-state index is 12.2. The molecule has 1 aromatic carbocycles. The lowest BCUT2D eigenvalue weighted by molar-refractivity contribution is -0.122. The maximum Gasteiger partial charge on any atom is 0.234 e. The van der Waals surface area contributed by atoms with Gasteiger partial charge in [-0.2, -0.15) is 0 Å². The van der Waals surface area contributed by atoms with Crippen molar-refractivity contribution in [3.8, 4) is 5.75 Å². The Balaban J connectivity index is 1.74. The Kier molecular flexibility index (Phi) is 7.53. The number of likely N-dealkylation sites (N-methyl/N-ethyl adjacent to an activating group) is 1. The number of ether oxygens (including phenoxy) is 1. The third kappa shape index (κ3) is 5.80. The smallest absolute Gasteiger partial charge is 0.234 e. The molecule has 24 heavy (non-hydrogen) atoms. The van der Waals surface area contributed by atoms with Gasteiger partial charge in [0.05, 0.1) is 13.2 Å². The van der Waals surface area contributed by atoms with Gasteiger partial charge in [0.2, 0.25) is 5.91 Å². The van der Waals surface area contributed by atoms with E-state index in [0.717, 1.165) is 37.0 Å². The number of carbonyl (C=O) groups is 1. The Morgan fingerprint density at radius 2 is 2.08 bits per heavy atom. The van der Waals surface area contributed by atoms with Crippen molar-refractivity contribution >= 4 is 5.91 Å².